The summed E-state index contributed by atoms with van der Waals surface area (Å²) in [4.78, 5) is 20.3. The minimum absolute atomic E-state index is 0.0581. The molecular weight excluding hydrogens is 394 g/mol. The molecule has 3 aromatic rings. The number of carbonyl (C=O) groups is 1. The Morgan fingerprint density at radius 3 is 2.90 bits per heavy atom. The van der Waals surface area contributed by atoms with E-state index in [-0.39, 0.29) is 18.9 Å². The largest absolute Gasteiger partial charge is 0.493 e. The lowest BCUT2D eigenvalue weighted by molar-refractivity contribution is -0.149. The Morgan fingerprint density at radius 2 is 2.17 bits per heavy atom. The molecule has 1 fully saturated rings. The van der Waals surface area contributed by atoms with Gasteiger partial charge in [0.05, 0.1) is 45.6 Å². The average Bonchev–Trinajstić information content (AvgIpc) is 3.34. The molecule has 29 heavy (non-hydrogen) atoms. The molecule has 0 radical (unpaired) electrons. The number of aliphatic hydroxyl groups excluding tert-OH is 1. The van der Waals surface area contributed by atoms with Crippen molar-refractivity contribution in [1.29, 1.82) is 0 Å². The summed E-state index contributed by atoms with van der Waals surface area (Å²) in [7, 11) is 3.14. The van der Waals surface area contributed by atoms with Gasteiger partial charge in [-0.05, 0) is 17.7 Å². The molecule has 0 saturated carbocycles. The predicted octanol–water partition coefficient (Wildman–Crippen LogP) is 1.92. The number of methoxy groups -OCH3 is 2. The van der Waals surface area contributed by atoms with E-state index in [4.69, 9.17) is 14.2 Å². The minimum Gasteiger partial charge on any atom is -0.493 e. The lowest BCUT2D eigenvalue weighted by Crippen LogP contribution is -2.50. The number of imidazole rings is 1. The quantitative estimate of drug-likeness (QED) is 0.660. The summed E-state index contributed by atoms with van der Waals surface area (Å²) in [6, 6.07) is 5.07. The topological polar surface area (TPSA) is 85.5 Å². The molecule has 4 rings (SSSR count). The standard InChI is InChI=1S/C20H23N3O5S/c1-26-15-4-3-13(9-16(15)27-2)19-17(12-24)28-7-5-23(19)18(25)10-14-11-22-6-8-29-20(22)21-14/h3-4,6,8-9,11,17,19,24H,5,7,10,12H2,1-2H3/t17-,19-/m1/s1. The number of amides is 1. The smallest absolute Gasteiger partial charge is 0.229 e. The Bertz CT molecular complexity index is 973. The van der Waals surface area contributed by atoms with Crippen molar-refractivity contribution in [2.24, 2.45) is 0 Å². The molecule has 0 bridgehead atoms. The summed E-state index contributed by atoms with van der Waals surface area (Å²) in [5.74, 6) is 1.11. The van der Waals surface area contributed by atoms with Crippen LogP contribution in [0.2, 0.25) is 0 Å². The highest BCUT2D eigenvalue weighted by atomic mass is 32.1. The first-order chi connectivity index (χ1) is 14.1. The van der Waals surface area contributed by atoms with E-state index in [1.165, 1.54) is 11.3 Å². The second-order valence-corrected chi connectivity index (χ2v) is 7.61. The first-order valence-electron chi connectivity index (χ1n) is 9.29. The van der Waals surface area contributed by atoms with E-state index in [9.17, 15) is 9.90 Å². The second kappa shape index (κ2) is 8.40. The molecule has 1 aromatic carbocycles. The van der Waals surface area contributed by atoms with E-state index < -0.39 is 12.1 Å². The van der Waals surface area contributed by atoms with Crippen LogP contribution in [0.3, 0.4) is 0 Å². The van der Waals surface area contributed by atoms with Gasteiger partial charge in [0.1, 0.15) is 6.10 Å². The highest BCUT2D eigenvalue weighted by molar-refractivity contribution is 7.15. The molecule has 1 saturated heterocycles. The molecule has 1 aliphatic heterocycles. The maximum Gasteiger partial charge on any atom is 0.229 e. The molecule has 0 aliphatic carbocycles. The van der Waals surface area contributed by atoms with E-state index in [1.807, 2.05) is 34.3 Å². The fourth-order valence-electron chi connectivity index (χ4n) is 3.71. The number of hydrogen-bond acceptors (Lipinski definition) is 7. The van der Waals surface area contributed by atoms with Gasteiger partial charge >= 0.3 is 0 Å². The number of hydrogen-bond donors (Lipinski definition) is 1. The lowest BCUT2D eigenvalue weighted by Gasteiger charge is -2.41. The zero-order valence-corrected chi connectivity index (χ0v) is 17.1. The Kier molecular flexibility index (Phi) is 5.70. The molecule has 2 atom stereocenters. The van der Waals surface area contributed by atoms with Crippen molar-refractivity contribution < 1.29 is 24.1 Å². The maximum atomic E-state index is 13.2. The Labute approximate surface area is 172 Å². The monoisotopic (exact) mass is 417 g/mol. The van der Waals surface area contributed by atoms with Crippen molar-refractivity contribution in [2.45, 2.75) is 18.6 Å². The summed E-state index contributed by atoms with van der Waals surface area (Å²) < 4.78 is 18.4. The molecule has 1 amide bonds. The van der Waals surface area contributed by atoms with Crippen molar-refractivity contribution >= 4 is 22.2 Å². The number of thiazole rings is 1. The third-order valence-electron chi connectivity index (χ3n) is 5.08. The number of morpholine rings is 1. The Hall–Kier alpha value is -2.62. The highest BCUT2D eigenvalue weighted by Gasteiger charge is 2.36. The third-order valence-corrected chi connectivity index (χ3v) is 5.85. The van der Waals surface area contributed by atoms with Gasteiger partial charge < -0.3 is 24.2 Å². The highest BCUT2D eigenvalue weighted by Crippen LogP contribution is 2.36. The van der Waals surface area contributed by atoms with Crippen LogP contribution in [-0.4, -0.2) is 65.4 Å². The van der Waals surface area contributed by atoms with Crippen LogP contribution in [0.1, 0.15) is 17.3 Å². The molecule has 1 N–H and O–H groups in total. The van der Waals surface area contributed by atoms with Crippen molar-refractivity contribution in [3.8, 4) is 11.5 Å². The van der Waals surface area contributed by atoms with E-state index in [1.54, 1.807) is 25.2 Å². The van der Waals surface area contributed by atoms with E-state index in [2.05, 4.69) is 4.98 Å². The number of ether oxygens (including phenoxy) is 3. The summed E-state index contributed by atoms with van der Waals surface area (Å²) in [5, 5.41) is 11.8. The number of fused-ring (bicyclic) bond motifs is 1. The number of aliphatic hydroxyl groups is 1. The van der Waals surface area contributed by atoms with Crippen LogP contribution in [0.4, 0.5) is 0 Å². The number of rotatable bonds is 6. The fraction of sp³-hybridized carbons (Fsp3) is 0.400. The van der Waals surface area contributed by atoms with Crippen LogP contribution < -0.4 is 9.47 Å². The zero-order valence-electron chi connectivity index (χ0n) is 16.3. The third kappa shape index (κ3) is 3.81. The second-order valence-electron chi connectivity index (χ2n) is 6.74. The normalized spacial score (nSPS) is 19.5. The summed E-state index contributed by atoms with van der Waals surface area (Å²) in [6.07, 6.45) is 3.47. The van der Waals surface area contributed by atoms with Gasteiger partial charge in [0, 0.05) is 24.3 Å². The first-order valence-corrected chi connectivity index (χ1v) is 10.2. The van der Waals surface area contributed by atoms with Gasteiger partial charge in [0.2, 0.25) is 5.91 Å². The van der Waals surface area contributed by atoms with Crippen LogP contribution in [0.5, 0.6) is 11.5 Å². The van der Waals surface area contributed by atoms with Gasteiger partial charge in [-0.25, -0.2) is 4.98 Å². The van der Waals surface area contributed by atoms with Gasteiger partial charge in [-0.15, -0.1) is 11.3 Å². The number of nitrogens with zero attached hydrogens (tertiary/aromatic N) is 3. The van der Waals surface area contributed by atoms with Crippen molar-refractivity contribution in [3.05, 3.63) is 47.2 Å². The zero-order chi connectivity index (χ0) is 20.4. The molecule has 8 nitrogen and oxygen atoms in total. The Morgan fingerprint density at radius 1 is 1.34 bits per heavy atom. The predicted molar refractivity (Wildman–Crippen MR) is 108 cm³/mol. The molecule has 3 heterocycles. The van der Waals surface area contributed by atoms with Gasteiger partial charge in [-0.1, -0.05) is 6.07 Å². The molecule has 2 aromatic heterocycles. The van der Waals surface area contributed by atoms with Crippen molar-refractivity contribution in [1.82, 2.24) is 14.3 Å². The summed E-state index contributed by atoms with van der Waals surface area (Å²) in [5.41, 5.74) is 1.54. The van der Waals surface area contributed by atoms with E-state index in [0.29, 0.717) is 24.7 Å². The molecular formula is C20H23N3O5S. The SMILES string of the molecule is COc1ccc([C@@H]2[C@@H](CO)OCCN2C(=O)Cc2cn3ccsc3n2)cc1OC. The molecule has 1 aliphatic rings. The molecule has 9 heteroatoms. The van der Waals surface area contributed by atoms with Crippen LogP contribution in [0, 0.1) is 0 Å². The molecule has 0 spiro atoms. The van der Waals surface area contributed by atoms with Gasteiger partial charge in [0.25, 0.3) is 0 Å². The average molecular weight is 417 g/mol. The summed E-state index contributed by atoms with van der Waals surface area (Å²) in [6.45, 7) is 0.624. The Balaban J connectivity index is 1.62. The van der Waals surface area contributed by atoms with Crippen molar-refractivity contribution in [3.63, 3.8) is 0 Å². The van der Waals surface area contributed by atoms with E-state index in [0.717, 1.165) is 16.2 Å². The molecule has 0 unspecified atom stereocenters. The maximum absolute atomic E-state index is 13.2. The van der Waals surface area contributed by atoms with Crippen LogP contribution in [0.25, 0.3) is 4.96 Å². The summed E-state index contributed by atoms with van der Waals surface area (Å²) >= 11 is 1.53. The number of benzene rings is 1. The van der Waals surface area contributed by atoms with E-state index >= 15 is 0 Å². The fourth-order valence-corrected chi connectivity index (χ4v) is 4.43. The molecule has 154 valence electrons. The minimum atomic E-state index is -0.517. The first kappa shape index (κ1) is 19.7. The van der Waals surface area contributed by atoms with Crippen LogP contribution in [-0.2, 0) is 16.0 Å². The number of aromatic nitrogens is 2. The van der Waals surface area contributed by atoms with Gasteiger partial charge in [0.15, 0.2) is 16.5 Å². The van der Waals surface area contributed by atoms with Crippen molar-refractivity contribution in [2.75, 3.05) is 34.0 Å². The van der Waals surface area contributed by atoms with Crippen LogP contribution in [0.15, 0.2) is 36.0 Å². The van der Waals surface area contributed by atoms with Gasteiger partial charge in [-0.2, -0.15) is 0 Å². The lowest BCUT2D eigenvalue weighted by atomic mass is 9.97. The van der Waals surface area contributed by atoms with Gasteiger partial charge in [-0.3, -0.25) is 9.20 Å². The number of carbonyl (C=O) groups excluding carboxylic acids is 1. The van der Waals surface area contributed by atoms with Crippen LogP contribution >= 0.6 is 11.3 Å².